The molecule has 1 fully saturated rings. The van der Waals surface area contributed by atoms with E-state index in [1.807, 2.05) is 0 Å². The fourth-order valence-electron chi connectivity index (χ4n) is 4.88. The second kappa shape index (κ2) is 6.60. The van der Waals surface area contributed by atoms with Crippen molar-refractivity contribution in [2.75, 3.05) is 0 Å². The Morgan fingerprint density at radius 3 is 2.68 bits per heavy atom. The van der Waals surface area contributed by atoms with Gasteiger partial charge in [-0.25, -0.2) is 4.79 Å². The number of fused-ring (bicyclic) bond motifs is 4. The van der Waals surface area contributed by atoms with Crippen molar-refractivity contribution in [1.29, 1.82) is 0 Å². The number of rotatable bonds is 4. The first-order valence-corrected chi connectivity index (χ1v) is 10.6. The van der Waals surface area contributed by atoms with Crippen LogP contribution in [-0.4, -0.2) is 50.8 Å². The molecule has 2 aliphatic heterocycles. The van der Waals surface area contributed by atoms with Crippen LogP contribution in [0.2, 0.25) is 0 Å². The number of aliphatic hydroxyl groups is 1. The minimum Gasteiger partial charge on any atom is -0.477 e. The predicted molar refractivity (Wildman–Crippen MR) is 112 cm³/mol. The molecule has 31 heavy (non-hydrogen) atoms. The van der Waals surface area contributed by atoms with Crippen LogP contribution in [0.15, 0.2) is 35.5 Å². The number of hydrogen-bond acceptors (Lipinski definition) is 6. The average molecular weight is 438 g/mol. The molecule has 8 nitrogen and oxygen atoms in total. The summed E-state index contributed by atoms with van der Waals surface area (Å²) in [6.45, 7) is 1.53. The Bertz CT molecular complexity index is 1280. The molecule has 3 aliphatic rings. The highest BCUT2D eigenvalue weighted by molar-refractivity contribution is 7.20. The van der Waals surface area contributed by atoms with Gasteiger partial charge in [0, 0.05) is 32.5 Å². The highest BCUT2D eigenvalue weighted by Crippen LogP contribution is 2.51. The maximum atomic E-state index is 12.8. The summed E-state index contributed by atoms with van der Waals surface area (Å²) in [7, 11) is 0. The number of hydrogen-bond donors (Lipinski definition) is 3. The van der Waals surface area contributed by atoms with E-state index in [0.717, 1.165) is 4.70 Å². The predicted octanol–water partition coefficient (Wildman–Crippen LogP) is 1.92. The molecule has 0 spiro atoms. The number of Topliss-reactive ketones (excluding diaryl/α,β-unsaturated/α-hetero) is 1. The van der Waals surface area contributed by atoms with Crippen molar-refractivity contribution in [3.63, 3.8) is 0 Å². The van der Waals surface area contributed by atoms with Gasteiger partial charge in [-0.3, -0.25) is 14.4 Å². The molecular formula is C22H18N2O6S. The summed E-state index contributed by atoms with van der Waals surface area (Å²) < 4.78 is 0.785. The van der Waals surface area contributed by atoms with Gasteiger partial charge < -0.3 is 20.8 Å². The van der Waals surface area contributed by atoms with Crippen molar-refractivity contribution in [1.82, 2.24) is 4.90 Å². The number of carboxylic acid groups (broad SMARTS) is 1. The first-order chi connectivity index (χ1) is 14.7. The van der Waals surface area contributed by atoms with E-state index in [1.165, 1.54) is 23.2 Å². The molecule has 0 saturated carbocycles. The number of benzene rings is 1. The molecule has 1 aliphatic carbocycles. The lowest BCUT2D eigenvalue weighted by Gasteiger charge is -2.44. The average Bonchev–Trinajstić information content (AvgIpc) is 3.24. The number of aliphatic carboxylic acids is 1. The zero-order valence-corrected chi connectivity index (χ0v) is 17.2. The molecule has 2 amide bonds. The van der Waals surface area contributed by atoms with Gasteiger partial charge in [0.25, 0.3) is 0 Å². The Balaban J connectivity index is 1.67. The number of aliphatic hydroxyl groups excluding tert-OH is 1. The summed E-state index contributed by atoms with van der Waals surface area (Å²) in [4.78, 5) is 50.9. The van der Waals surface area contributed by atoms with Gasteiger partial charge in [-0.05, 0) is 42.7 Å². The first-order valence-electron chi connectivity index (χ1n) is 9.78. The van der Waals surface area contributed by atoms with Crippen LogP contribution in [0.1, 0.15) is 45.4 Å². The largest absolute Gasteiger partial charge is 0.477 e. The molecule has 0 bridgehead atoms. The maximum Gasteiger partial charge on any atom is 0.352 e. The minimum absolute atomic E-state index is 0.0871. The van der Waals surface area contributed by atoms with Crippen LogP contribution < -0.4 is 5.73 Å². The van der Waals surface area contributed by atoms with Gasteiger partial charge in [-0.1, -0.05) is 6.08 Å². The minimum atomic E-state index is -1.22. The molecule has 1 aromatic heterocycles. The van der Waals surface area contributed by atoms with E-state index in [-0.39, 0.29) is 23.5 Å². The summed E-state index contributed by atoms with van der Waals surface area (Å²) in [5.41, 5.74) is 7.15. The van der Waals surface area contributed by atoms with Gasteiger partial charge in [0.05, 0.1) is 18.1 Å². The lowest BCUT2D eigenvalue weighted by Crippen LogP contribution is -2.61. The Morgan fingerprint density at radius 2 is 2.03 bits per heavy atom. The number of primary amides is 1. The topological polar surface area (TPSA) is 138 Å². The monoisotopic (exact) mass is 438 g/mol. The van der Waals surface area contributed by atoms with Crippen molar-refractivity contribution in [3.05, 3.63) is 51.5 Å². The van der Waals surface area contributed by atoms with Crippen molar-refractivity contribution in [2.24, 2.45) is 11.7 Å². The number of nitrogens with zero attached hydrogens (tertiary/aromatic N) is 1. The van der Waals surface area contributed by atoms with Gasteiger partial charge in [0.2, 0.25) is 11.8 Å². The van der Waals surface area contributed by atoms with Crippen molar-refractivity contribution in [2.45, 2.75) is 31.9 Å². The number of allylic oxidation sites excluding steroid dienone is 2. The standard InChI is InChI=1S/C22H18N2O6S/c1-8(25)16-13-7-11(18(22(29)30)24(13)21(16)28)10-3-4-14(26)17-12-6-9(20(23)27)2-5-15(12)31-19(10)17/h2-3,5-6,8,13,16,25H,4,7H2,1H3,(H2,23,27)(H,29,30)/t8-,13-,16-/m1/s1. The van der Waals surface area contributed by atoms with Gasteiger partial charge >= 0.3 is 5.97 Å². The summed E-state index contributed by atoms with van der Waals surface area (Å²) >= 11 is 1.34. The second-order valence-corrected chi connectivity index (χ2v) is 9.06. The smallest absolute Gasteiger partial charge is 0.352 e. The second-order valence-electron chi connectivity index (χ2n) is 8.00. The molecule has 3 heterocycles. The van der Waals surface area contributed by atoms with E-state index in [1.54, 1.807) is 24.3 Å². The molecule has 0 radical (unpaired) electrons. The summed E-state index contributed by atoms with van der Waals surface area (Å²) in [5.74, 6) is -2.98. The van der Waals surface area contributed by atoms with Crippen LogP contribution in [0.25, 0.3) is 15.7 Å². The van der Waals surface area contributed by atoms with E-state index >= 15 is 0 Å². The van der Waals surface area contributed by atoms with E-state index in [2.05, 4.69) is 0 Å². The van der Waals surface area contributed by atoms with Gasteiger partial charge in [0.1, 0.15) is 5.70 Å². The fraction of sp³-hybridized carbons (Fsp3) is 0.273. The molecule has 9 heteroatoms. The number of amides is 2. The third-order valence-electron chi connectivity index (χ3n) is 6.24. The third-order valence-corrected chi connectivity index (χ3v) is 7.45. The fourth-order valence-corrected chi connectivity index (χ4v) is 6.15. The highest BCUT2D eigenvalue weighted by Gasteiger charge is 2.57. The number of ketones is 1. The summed E-state index contributed by atoms with van der Waals surface area (Å²) in [6.07, 6.45) is 1.21. The number of thiophene rings is 1. The molecule has 1 aromatic carbocycles. The quantitative estimate of drug-likeness (QED) is 0.624. The summed E-state index contributed by atoms with van der Waals surface area (Å²) in [5, 5.41) is 20.4. The normalized spacial score (nSPS) is 23.4. The molecule has 1 saturated heterocycles. The maximum absolute atomic E-state index is 12.8. The molecule has 3 atom stereocenters. The SMILES string of the molecule is C[C@@H](O)[C@H]1C(=O)N2C(C(=O)O)=C(C3=CCC(=O)c4c3sc3ccc(C(N)=O)cc43)C[C@H]12. The lowest BCUT2D eigenvalue weighted by molar-refractivity contribution is -0.161. The Hall–Kier alpha value is -3.30. The van der Waals surface area contributed by atoms with E-state index in [0.29, 0.717) is 33.4 Å². The van der Waals surface area contributed by atoms with E-state index < -0.39 is 35.8 Å². The molecule has 0 unspecified atom stereocenters. The van der Waals surface area contributed by atoms with E-state index in [9.17, 15) is 29.4 Å². The van der Waals surface area contributed by atoms with Crippen molar-refractivity contribution in [3.8, 4) is 0 Å². The van der Waals surface area contributed by atoms with Crippen LogP contribution in [0.5, 0.6) is 0 Å². The zero-order chi connectivity index (χ0) is 22.2. The molecule has 2 aromatic rings. The number of carbonyl (C=O) groups is 4. The van der Waals surface area contributed by atoms with E-state index in [4.69, 9.17) is 5.73 Å². The van der Waals surface area contributed by atoms with Gasteiger partial charge in [-0.2, -0.15) is 0 Å². The number of carboxylic acids is 1. The van der Waals surface area contributed by atoms with Gasteiger partial charge in [0.15, 0.2) is 5.78 Å². The Morgan fingerprint density at radius 1 is 1.29 bits per heavy atom. The first kappa shape index (κ1) is 19.7. The highest BCUT2D eigenvalue weighted by atomic mass is 32.1. The lowest BCUT2D eigenvalue weighted by atomic mass is 9.81. The number of carbonyl (C=O) groups excluding carboxylic acids is 3. The third kappa shape index (κ3) is 2.63. The van der Waals surface area contributed by atoms with Crippen LogP contribution >= 0.6 is 11.3 Å². The number of β-lactam (4-membered cyclic amide) rings is 1. The van der Waals surface area contributed by atoms with Crippen LogP contribution in [0, 0.1) is 5.92 Å². The van der Waals surface area contributed by atoms with Crippen LogP contribution in [-0.2, 0) is 9.59 Å². The molecule has 5 rings (SSSR count). The van der Waals surface area contributed by atoms with Crippen molar-refractivity contribution >= 4 is 50.6 Å². The van der Waals surface area contributed by atoms with Crippen molar-refractivity contribution < 1.29 is 29.4 Å². The number of nitrogens with two attached hydrogens (primary N) is 1. The molecular weight excluding hydrogens is 420 g/mol. The summed E-state index contributed by atoms with van der Waals surface area (Å²) in [6, 6.07) is 4.50. The van der Waals surface area contributed by atoms with Gasteiger partial charge in [-0.15, -0.1) is 11.3 Å². The Labute approximate surface area is 180 Å². The van der Waals surface area contributed by atoms with Crippen LogP contribution in [0.4, 0.5) is 0 Å². The van der Waals surface area contributed by atoms with Crippen LogP contribution in [0.3, 0.4) is 0 Å². The zero-order valence-electron chi connectivity index (χ0n) is 16.4. The molecule has 158 valence electrons. The molecule has 4 N–H and O–H groups in total. The Kier molecular flexibility index (Phi) is 4.18.